The molecule has 1 aliphatic heterocycles. The largest absolute Gasteiger partial charge is 0.492 e. The average Bonchev–Trinajstić information content (AvgIpc) is 2.77. The summed E-state index contributed by atoms with van der Waals surface area (Å²) >= 11 is 6.15. The first-order valence-electron chi connectivity index (χ1n) is 9.52. The van der Waals surface area contributed by atoms with Gasteiger partial charge in [-0.3, -0.25) is 4.79 Å². The summed E-state index contributed by atoms with van der Waals surface area (Å²) in [4.78, 5) is 23.1. The van der Waals surface area contributed by atoms with Crippen LogP contribution in [-0.2, 0) is 14.0 Å². The molecule has 0 aromatic heterocycles. The predicted molar refractivity (Wildman–Crippen MR) is 115 cm³/mol. The van der Waals surface area contributed by atoms with E-state index in [-0.39, 0.29) is 6.54 Å². The molecule has 8 heteroatoms. The number of alkyl carbamates (subject to hydrolysis) is 1. The maximum Gasteiger partial charge on any atom is 0.492 e. The molecular weight excluding hydrogens is 392 g/mol. The minimum atomic E-state index is -0.653. The number of hydrogen-bond acceptors (Lipinski definition) is 5. The second-order valence-electron chi connectivity index (χ2n) is 9.06. The Morgan fingerprint density at radius 3 is 2.28 bits per heavy atom. The third-order valence-corrected chi connectivity index (χ3v) is 5.22. The van der Waals surface area contributed by atoms with Crippen LogP contribution in [0.2, 0.25) is 5.02 Å². The van der Waals surface area contributed by atoms with Gasteiger partial charge in [0.25, 0.3) is 0 Å². The molecule has 0 spiro atoms. The highest BCUT2D eigenvalue weighted by atomic mass is 35.5. The summed E-state index contributed by atoms with van der Waals surface area (Å²) in [6.45, 7) is 13.4. The molecule has 0 bridgehead atoms. The van der Waals surface area contributed by atoms with Crippen LogP contribution < -0.4 is 5.32 Å². The lowest BCUT2D eigenvalue weighted by Crippen LogP contribution is -2.41. The Labute approximate surface area is 178 Å². The second kappa shape index (κ2) is 8.50. The monoisotopic (exact) mass is 421 g/mol. The van der Waals surface area contributed by atoms with Crippen molar-refractivity contribution in [2.45, 2.75) is 65.3 Å². The summed E-state index contributed by atoms with van der Waals surface area (Å²) in [6, 6.07) is 5.10. The van der Waals surface area contributed by atoms with Crippen LogP contribution in [0.4, 0.5) is 4.79 Å². The fraction of sp³-hybridized carbons (Fsp3) is 0.524. The molecule has 1 aromatic rings. The van der Waals surface area contributed by atoms with E-state index in [1.54, 1.807) is 39.0 Å². The fourth-order valence-electron chi connectivity index (χ4n) is 2.63. The lowest BCUT2D eigenvalue weighted by Gasteiger charge is -2.32. The molecule has 29 heavy (non-hydrogen) atoms. The Balaban J connectivity index is 2.29. The lowest BCUT2D eigenvalue weighted by molar-refractivity contribution is 0.00578. The van der Waals surface area contributed by atoms with Gasteiger partial charge >= 0.3 is 13.2 Å². The first kappa shape index (κ1) is 23.5. The van der Waals surface area contributed by atoms with E-state index in [1.807, 2.05) is 33.8 Å². The van der Waals surface area contributed by atoms with E-state index in [1.165, 1.54) is 0 Å². The molecule has 0 saturated carbocycles. The van der Waals surface area contributed by atoms with Crippen LogP contribution >= 0.6 is 11.6 Å². The molecule has 158 valence electrons. The molecule has 0 atom stereocenters. The van der Waals surface area contributed by atoms with E-state index in [2.05, 4.69) is 5.32 Å². The summed E-state index contributed by atoms with van der Waals surface area (Å²) in [5.41, 5.74) is 0.216. The molecule has 1 fully saturated rings. The number of halogens is 1. The zero-order valence-electron chi connectivity index (χ0n) is 18.1. The van der Waals surface area contributed by atoms with E-state index in [0.29, 0.717) is 22.3 Å². The zero-order valence-corrected chi connectivity index (χ0v) is 18.8. The minimum Gasteiger partial charge on any atom is -0.444 e. The van der Waals surface area contributed by atoms with Gasteiger partial charge in [0.15, 0.2) is 6.29 Å². The molecule has 1 heterocycles. The van der Waals surface area contributed by atoms with E-state index in [9.17, 15) is 9.59 Å². The molecule has 1 aromatic carbocycles. The van der Waals surface area contributed by atoms with Gasteiger partial charge in [0, 0.05) is 12.1 Å². The van der Waals surface area contributed by atoms with Crippen molar-refractivity contribution in [1.29, 1.82) is 0 Å². The predicted octanol–water partition coefficient (Wildman–Crippen LogP) is 4.69. The molecule has 1 N–H and O–H groups in total. The normalized spacial score (nSPS) is 18.5. The van der Waals surface area contributed by atoms with Crippen molar-refractivity contribution in [2.75, 3.05) is 6.54 Å². The van der Waals surface area contributed by atoms with Crippen molar-refractivity contribution < 1.29 is 23.6 Å². The van der Waals surface area contributed by atoms with E-state index >= 15 is 0 Å². The topological polar surface area (TPSA) is 73.9 Å². The number of amides is 1. The maximum absolute atomic E-state index is 12.1. The van der Waals surface area contributed by atoms with Gasteiger partial charge in [0.2, 0.25) is 0 Å². The van der Waals surface area contributed by atoms with Crippen LogP contribution in [0.1, 0.15) is 64.4 Å². The molecule has 0 radical (unpaired) electrons. The third kappa shape index (κ3) is 6.08. The quantitative estimate of drug-likeness (QED) is 0.551. The van der Waals surface area contributed by atoms with Crippen molar-refractivity contribution in [1.82, 2.24) is 5.32 Å². The summed E-state index contributed by atoms with van der Waals surface area (Å²) < 4.78 is 17.6. The fourth-order valence-corrected chi connectivity index (χ4v) is 2.86. The van der Waals surface area contributed by atoms with Crippen molar-refractivity contribution in [3.63, 3.8) is 0 Å². The van der Waals surface area contributed by atoms with Gasteiger partial charge in [-0.2, -0.15) is 0 Å². The molecule has 2 rings (SSSR count). The molecule has 1 amide bonds. The van der Waals surface area contributed by atoms with E-state index < -0.39 is 30.0 Å². The van der Waals surface area contributed by atoms with Crippen LogP contribution in [0.15, 0.2) is 23.7 Å². The lowest BCUT2D eigenvalue weighted by atomic mass is 9.77. The van der Waals surface area contributed by atoms with Crippen molar-refractivity contribution in [3.05, 3.63) is 39.8 Å². The van der Waals surface area contributed by atoms with Crippen LogP contribution in [0.5, 0.6) is 0 Å². The van der Waals surface area contributed by atoms with Crippen LogP contribution in [0.25, 0.3) is 6.08 Å². The Bertz CT molecular complexity index is 798. The van der Waals surface area contributed by atoms with E-state index in [4.69, 9.17) is 25.6 Å². The Morgan fingerprint density at radius 1 is 1.21 bits per heavy atom. The second-order valence-corrected chi connectivity index (χ2v) is 9.47. The Kier molecular flexibility index (Phi) is 6.88. The Morgan fingerprint density at radius 2 is 1.79 bits per heavy atom. The number of aldehydes is 1. The van der Waals surface area contributed by atoms with Gasteiger partial charge in [-0.1, -0.05) is 23.7 Å². The van der Waals surface area contributed by atoms with E-state index in [0.717, 1.165) is 5.56 Å². The van der Waals surface area contributed by atoms with Crippen molar-refractivity contribution in [2.24, 2.45) is 0 Å². The highest BCUT2D eigenvalue weighted by molar-refractivity contribution is 6.56. The minimum absolute atomic E-state index is 0.165. The highest BCUT2D eigenvalue weighted by Crippen LogP contribution is 2.38. The van der Waals surface area contributed by atoms with Crippen molar-refractivity contribution >= 4 is 37.2 Å². The van der Waals surface area contributed by atoms with Crippen LogP contribution in [0, 0.1) is 0 Å². The molecule has 1 saturated heterocycles. The molecule has 1 aliphatic rings. The molecule has 0 aliphatic carbocycles. The summed E-state index contributed by atoms with van der Waals surface area (Å²) in [5.74, 6) is 0. The van der Waals surface area contributed by atoms with Gasteiger partial charge in [-0.05, 0) is 71.6 Å². The van der Waals surface area contributed by atoms with Gasteiger partial charge in [0.05, 0.1) is 16.2 Å². The van der Waals surface area contributed by atoms with Crippen LogP contribution in [0.3, 0.4) is 0 Å². The molecule has 6 nitrogen and oxygen atoms in total. The number of nitrogens with one attached hydrogen (secondary N) is 1. The summed E-state index contributed by atoms with van der Waals surface area (Å²) in [7, 11) is -0.653. The SMILES string of the molecule is CC(C)(C)OC(=O)NCC(=Cc1ccc(C=O)c(Cl)c1)B1OC(C)(C)C(C)(C)O1. The highest BCUT2D eigenvalue weighted by Gasteiger charge is 2.52. The zero-order chi connectivity index (χ0) is 22.0. The standard InChI is InChI=1S/C21H29BClNO5/c1-19(2,3)27-18(26)24-12-16(22-28-20(4,5)21(6,7)29-22)10-14-8-9-15(13-25)17(23)11-14/h8-11,13H,12H2,1-7H3,(H,24,26). The number of carbonyl (C=O) groups is 2. The number of benzene rings is 1. The smallest absolute Gasteiger partial charge is 0.444 e. The number of ether oxygens (including phenoxy) is 1. The van der Waals surface area contributed by atoms with Crippen molar-refractivity contribution in [3.8, 4) is 0 Å². The number of hydrogen-bond donors (Lipinski definition) is 1. The summed E-state index contributed by atoms with van der Waals surface area (Å²) in [6.07, 6.45) is 2.00. The number of carbonyl (C=O) groups excluding carboxylic acids is 2. The first-order chi connectivity index (χ1) is 13.2. The molecular formula is C21H29BClNO5. The average molecular weight is 422 g/mol. The number of rotatable bonds is 5. The van der Waals surface area contributed by atoms with Crippen LogP contribution in [-0.4, -0.2) is 42.8 Å². The van der Waals surface area contributed by atoms with Gasteiger partial charge < -0.3 is 19.4 Å². The Hall–Kier alpha value is -1.83. The van der Waals surface area contributed by atoms with Gasteiger partial charge in [-0.15, -0.1) is 0 Å². The molecule has 0 unspecified atom stereocenters. The summed E-state index contributed by atoms with van der Waals surface area (Å²) in [5, 5.41) is 3.10. The maximum atomic E-state index is 12.1. The third-order valence-electron chi connectivity index (χ3n) is 4.90. The first-order valence-corrected chi connectivity index (χ1v) is 9.89. The van der Waals surface area contributed by atoms with Gasteiger partial charge in [-0.25, -0.2) is 4.79 Å². The van der Waals surface area contributed by atoms with Gasteiger partial charge in [0.1, 0.15) is 5.60 Å².